The minimum Gasteiger partial charge on any atom is -0.309 e. The molecule has 294 valence electrons. The van der Waals surface area contributed by atoms with Crippen molar-refractivity contribution in [2.24, 2.45) is 0 Å². The molecular formula is C55H39N7. The maximum Gasteiger partial charge on any atom is 0.182 e. The molecule has 62 heavy (non-hydrogen) atoms. The Morgan fingerprint density at radius 1 is 0.468 bits per heavy atom. The van der Waals surface area contributed by atoms with E-state index in [0.29, 0.717) is 28.9 Å². The van der Waals surface area contributed by atoms with Crippen LogP contribution in [0.3, 0.4) is 0 Å². The molecule has 0 unspecified atom stereocenters. The zero-order valence-corrected chi connectivity index (χ0v) is 33.7. The summed E-state index contributed by atoms with van der Waals surface area (Å²) < 4.78 is 2.35. The number of anilines is 3. The minimum atomic E-state index is 0.460. The van der Waals surface area contributed by atoms with Crippen molar-refractivity contribution >= 4 is 44.9 Å². The Morgan fingerprint density at radius 3 is 1.61 bits per heavy atom. The van der Waals surface area contributed by atoms with E-state index in [-0.39, 0.29) is 0 Å². The number of pyridine rings is 2. The average Bonchev–Trinajstić information content (AvgIpc) is 3.69. The summed E-state index contributed by atoms with van der Waals surface area (Å²) in [6, 6.07) is 62.8. The number of rotatable bonds is 11. The molecule has 6 aromatic carbocycles. The van der Waals surface area contributed by atoms with Crippen molar-refractivity contribution in [1.82, 2.24) is 29.5 Å². The molecule has 0 spiro atoms. The Morgan fingerprint density at radius 2 is 1.02 bits per heavy atom. The molecule has 7 nitrogen and oxygen atoms in total. The van der Waals surface area contributed by atoms with Gasteiger partial charge in [-0.25, -0.2) is 15.0 Å². The van der Waals surface area contributed by atoms with Gasteiger partial charge in [-0.1, -0.05) is 134 Å². The summed E-state index contributed by atoms with van der Waals surface area (Å²) in [6.07, 6.45) is 13.3. The zero-order chi connectivity index (χ0) is 41.7. The SMILES string of the molecule is C=C/C=C\C=C\c1cc(-c2nc(-c3ccccn3)nc(-c3ccccn3)n2)cc(-c2ccccc2)c1N(c1ccccc1)c1ccc(-n2c3ccccc3c3ccccc32)cc1. The summed E-state index contributed by atoms with van der Waals surface area (Å²) in [5.41, 5.74) is 11.5. The summed E-state index contributed by atoms with van der Waals surface area (Å²) in [5.74, 6) is 1.42. The zero-order valence-electron chi connectivity index (χ0n) is 33.7. The van der Waals surface area contributed by atoms with Crippen LogP contribution in [0.25, 0.3) is 79.1 Å². The third kappa shape index (κ3) is 7.35. The van der Waals surface area contributed by atoms with Crippen LogP contribution in [0.5, 0.6) is 0 Å². The van der Waals surface area contributed by atoms with E-state index in [0.717, 1.165) is 45.0 Å². The maximum absolute atomic E-state index is 5.07. The number of hydrogen-bond donors (Lipinski definition) is 0. The number of benzene rings is 6. The topological polar surface area (TPSA) is 72.6 Å². The molecule has 10 aromatic rings. The Balaban J connectivity index is 1.21. The second-order valence-corrected chi connectivity index (χ2v) is 14.6. The Bertz CT molecular complexity index is 3120. The van der Waals surface area contributed by atoms with Gasteiger partial charge in [0.15, 0.2) is 17.5 Å². The molecule has 0 aliphatic rings. The maximum atomic E-state index is 5.07. The molecule has 0 amide bonds. The van der Waals surface area contributed by atoms with Crippen LogP contribution in [0.1, 0.15) is 5.56 Å². The third-order valence-corrected chi connectivity index (χ3v) is 10.7. The molecule has 0 bridgehead atoms. The van der Waals surface area contributed by atoms with Crippen LogP contribution in [-0.4, -0.2) is 29.5 Å². The number of hydrogen-bond acceptors (Lipinski definition) is 6. The number of aromatic nitrogens is 6. The van der Waals surface area contributed by atoms with Crippen molar-refractivity contribution in [2.45, 2.75) is 0 Å². The summed E-state index contributed by atoms with van der Waals surface area (Å²) in [4.78, 5) is 26.6. The van der Waals surface area contributed by atoms with Crippen LogP contribution in [0, 0.1) is 0 Å². The standard InChI is InChI=1S/C55H39N7/c1-2-3-4-7-22-40-37-41(53-58-54(48-27-16-18-35-56-48)60-55(59-53)49-28-17-19-36-57-49)38-47(39-20-8-5-9-21-39)52(40)61(42-23-10-6-11-24-42)43-31-33-44(34-32-43)62-50-29-14-12-25-45(50)46-26-13-15-30-51(46)62/h2-38H,1H2/b4-3-,22-7+. The monoisotopic (exact) mass is 797 g/mol. The lowest BCUT2D eigenvalue weighted by molar-refractivity contribution is 1.05. The fourth-order valence-electron chi connectivity index (χ4n) is 7.96. The van der Waals surface area contributed by atoms with Gasteiger partial charge in [0.1, 0.15) is 11.4 Å². The van der Waals surface area contributed by atoms with Crippen LogP contribution in [0.4, 0.5) is 17.1 Å². The molecule has 0 radical (unpaired) electrons. The van der Waals surface area contributed by atoms with Crippen LogP contribution in [0.2, 0.25) is 0 Å². The summed E-state index contributed by atoms with van der Waals surface area (Å²) >= 11 is 0. The molecule has 0 saturated carbocycles. The van der Waals surface area contributed by atoms with Gasteiger partial charge in [0, 0.05) is 51.4 Å². The average molecular weight is 798 g/mol. The van der Waals surface area contributed by atoms with E-state index in [1.165, 1.54) is 21.8 Å². The highest BCUT2D eigenvalue weighted by Gasteiger charge is 2.24. The number of nitrogens with zero attached hydrogens (tertiary/aromatic N) is 7. The lowest BCUT2D eigenvalue weighted by Gasteiger charge is -2.30. The Kier molecular flexibility index (Phi) is 10.3. The van der Waals surface area contributed by atoms with E-state index < -0.39 is 0 Å². The van der Waals surface area contributed by atoms with Crippen LogP contribution in [0.15, 0.2) is 225 Å². The van der Waals surface area contributed by atoms with E-state index in [4.69, 9.17) is 15.0 Å². The molecular weight excluding hydrogens is 759 g/mol. The summed E-state index contributed by atoms with van der Waals surface area (Å²) in [5, 5.41) is 2.45. The Labute approximate surface area is 360 Å². The van der Waals surface area contributed by atoms with Gasteiger partial charge in [-0.15, -0.1) is 0 Å². The normalized spacial score (nSPS) is 11.5. The molecule has 4 heterocycles. The van der Waals surface area contributed by atoms with Crippen molar-refractivity contribution in [3.8, 4) is 51.2 Å². The first-order valence-electron chi connectivity index (χ1n) is 20.5. The molecule has 0 N–H and O–H groups in total. The lowest BCUT2D eigenvalue weighted by atomic mass is 9.94. The quantitative estimate of drug-likeness (QED) is 0.121. The predicted molar refractivity (Wildman–Crippen MR) is 255 cm³/mol. The van der Waals surface area contributed by atoms with E-state index in [9.17, 15) is 0 Å². The highest BCUT2D eigenvalue weighted by Crippen LogP contribution is 2.46. The van der Waals surface area contributed by atoms with Crippen molar-refractivity contribution < 1.29 is 0 Å². The second kappa shape index (κ2) is 17.0. The highest BCUT2D eigenvalue weighted by atomic mass is 15.1. The first kappa shape index (κ1) is 37.7. The lowest BCUT2D eigenvalue weighted by Crippen LogP contribution is -2.13. The molecule has 0 saturated heterocycles. The fourth-order valence-corrected chi connectivity index (χ4v) is 7.96. The number of allylic oxidation sites excluding steroid dienone is 4. The minimum absolute atomic E-state index is 0.460. The molecule has 0 aliphatic heterocycles. The van der Waals surface area contributed by atoms with E-state index in [2.05, 4.69) is 166 Å². The van der Waals surface area contributed by atoms with Gasteiger partial charge >= 0.3 is 0 Å². The van der Waals surface area contributed by atoms with Crippen molar-refractivity contribution in [3.05, 3.63) is 231 Å². The van der Waals surface area contributed by atoms with Crippen molar-refractivity contribution in [1.29, 1.82) is 0 Å². The number of fused-ring (bicyclic) bond motifs is 3. The molecule has 10 rings (SSSR count). The molecule has 4 aromatic heterocycles. The van der Waals surface area contributed by atoms with Crippen LogP contribution >= 0.6 is 0 Å². The Hall–Kier alpha value is -8.55. The molecule has 7 heteroatoms. The summed E-state index contributed by atoms with van der Waals surface area (Å²) in [6.45, 7) is 3.90. The van der Waals surface area contributed by atoms with Gasteiger partial charge in [-0.2, -0.15) is 0 Å². The van der Waals surface area contributed by atoms with Gasteiger partial charge in [0.2, 0.25) is 0 Å². The van der Waals surface area contributed by atoms with Gasteiger partial charge < -0.3 is 9.47 Å². The van der Waals surface area contributed by atoms with Gasteiger partial charge in [-0.3, -0.25) is 9.97 Å². The first-order valence-corrected chi connectivity index (χ1v) is 20.5. The largest absolute Gasteiger partial charge is 0.309 e. The smallest absolute Gasteiger partial charge is 0.182 e. The van der Waals surface area contributed by atoms with Gasteiger partial charge in [0.25, 0.3) is 0 Å². The van der Waals surface area contributed by atoms with E-state index >= 15 is 0 Å². The molecule has 0 atom stereocenters. The van der Waals surface area contributed by atoms with Gasteiger partial charge in [0.05, 0.1) is 16.7 Å². The highest BCUT2D eigenvalue weighted by molar-refractivity contribution is 6.09. The third-order valence-electron chi connectivity index (χ3n) is 10.7. The fraction of sp³-hybridized carbons (Fsp3) is 0. The summed E-state index contributed by atoms with van der Waals surface area (Å²) in [7, 11) is 0. The van der Waals surface area contributed by atoms with Crippen molar-refractivity contribution in [2.75, 3.05) is 4.90 Å². The van der Waals surface area contributed by atoms with Crippen LogP contribution < -0.4 is 4.90 Å². The van der Waals surface area contributed by atoms with Crippen LogP contribution in [-0.2, 0) is 0 Å². The van der Waals surface area contributed by atoms with Crippen molar-refractivity contribution in [3.63, 3.8) is 0 Å². The molecule has 0 aliphatic carbocycles. The second-order valence-electron chi connectivity index (χ2n) is 14.6. The number of para-hydroxylation sites is 3. The predicted octanol–water partition coefficient (Wildman–Crippen LogP) is 13.7. The van der Waals surface area contributed by atoms with E-state index in [1.54, 1.807) is 18.5 Å². The first-order chi connectivity index (χ1) is 30.7. The molecule has 0 fully saturated rings. The van der Waals surface area contributed by atoms with Gasteiger partial charge in [-0.05, 0) is 96.1 Å². The van der Waals surface area contributed by atoms with E-state index in [1.807, 2.05) is 66.8 Å².